The molecule has 1 aromatic rings. The van der Waals surface area contributed by atoms with Gasteiger partial charge in [0.05, 0.1) is 5.56 Å². The van der Waals surface area contributed by atoms with Gasteiger partial charge in [0.1, 0.15) is 5.82 Å². The van der Waals surface area contributed by atoms with E-state index in [1.54, 1.807) is 21.0 Å². The second-order valence-corrected chi connectivity index (χ2v) is 4.95. The number of hydrogen-bond donors (Lipinski definition) is 3. The molecular weight excluding hydrogens is 258 g/mol. The lowest BCUT2D eigenvalue weighted by Gasteiger charge is -2.16. The number of carbonyl (C=O) groups excluding carboxylic acids is 1. The van der Waals surface area contributed by atoms with Crippen molar-refractivity contribution in [1.29, 1.82) is 0 Å². The Bertz CT molecular complexity index is 524. The molecule has 0 aliphatic carbocycles. The molecule has 0 aromatic carbocycles. The van der Waals surface area contributed by atoms with E-state index >= 15 is 0 Å². The number of H-pyrrole nitrogens is 1. The zero-order chi connectivity index (χ0) is 15.3. The number of hydrogen-bond acceptors (Lipinski definition) is 4. The third-order valence-corrected chi connectivity index (χ3v) is 2.96. The van der Waals surface area contributed by atoms with Gasteiger partial charge in [-0.05, 0) is 20.8 Å². The molecule has 3 N–H and O–H groups in total. The number of aromatic amines is 1. The summed E-state index contributed by atoms with van der Waals surface area (Å²) in [5.41, 5.74) is 1.24. The fourth-order valence-corrected chi connectivity index (χ4v) is 1.96. The van der Waals surface area contributed by atoms with Crippen molar-refractivity contribution in [1.82, 2.24) is 25.5 Å². The van der Waals surface area contributed by atoms with Crippen molar-refractivity contribution in [3.05, 3.63) is 27.4 Å². The molecule has 0 aliphatic rings. The first-order valence-electron chi connectivity index (χ1n) is 6.59. The summed E-state index contributed by atoms with van der Waals surface area (Å²) >= 11 is 0. The van der Waals surface area contributed by atoms with E-state index in [1.165, 1.54) is 4.90 Å². The van der Waals surface area contributed by atoms with E-state index in [-0.39, 0.29) is 17.6 Å². The van der Waals surface area contributed by atoms with E-state index < -0.39 is 0 Å². The highest BCUT2D eigenvalue weighted by Gasteiger charge is 2.14. The summed E-state index contributed by atoms with van der Waals surface area (Å²) in [6.45, 7) is 6.56. The van der Waals surface area contributed by atoms with Crippen LogP contribution in [0.15, 0.2) is 4.79 Å². The molecule has 20 heavy (non-hydrogen) atoms. The number of aromatic nitrogens is 2. The molecule has 1 aromatic heterocycles. The van der Waals surface area contributed by atoms with Crippen LogP contribution in [0.2, 0.25) is 0 Å². The van der Waals surface area contributed by atoms with Crippen molar-refractivity contribution in [3.63, 3.8) is 0 Å². The Labute approximate surface area is 118 Å². The molecule has 1 unspecified atom stereocenters. The highest BCUT2D eigenvalue weighted by atomic mass is 16.2. The molecular formula is C13H23N5O2. The summed E-state index contributed by atoms with van der Waals surface area (Å²) in [4.78, 5) is 31.7. The smallest absolute Gasteiger partial charge is 0.316 e. The average molecular weight is 281 g/mol. The lowest BCUT2D eigenvalue weighted by Crippen LogP contribution is -2.39. The van der Waals surface area contributed by atoms with Gasteiger partial charge >= 0.3 is 6.03 Å². The zero-order valence-corrected chi connectivity index (χ0v) is 12.7. The summed E-state index contributed by atoms with van der Waals surface area (Å²) in [6, 6.07) is -0.256. The van der Waals surface area contributed by atoms with Crippen LogP contribution >= 0.6 is 0 Å². The lowest BCUT2D eigenvalue weighted by atomic mass is 10.1. The number of amides is 2. The van der Waals surface area contributed by atoms with Gasteiger partial charge in [-0.2, -0.15) is 0 Å². The number of nitrogens with zero attached hydrogens (tertiary/aromatic N) is 2. The first-order chi connectivity index (χ1) is 9.32. The van der Waals surface area contributed by atoms with Crippen LogP contribution in [0.1, 0.15) is 30.0 Å². The van der Waals surface area contributed by atoms with E-state index in [9.17, 15) is 9.59 Å². The van der Waals surface area contributed by atoms with Gasteiger partial charge in [0.15, 0.2) is 0 Å². The highest BCUT2D eigenvalue weighted by molar-refractivity contribution is 5.73. The van der Waals surface area contributed by atoms with Crippen LogP contribution in [0, 0.1) is 13.8 Å². The predicted octanol–water partition coefficient (Wildman–Crippen LogP) is 0.309. The Morgan fingerprint density at radius 3 is 2.55 bits per heavy atom. The minimum atomic E-state index is -0.134. The standard InChI is InChI=1S/C13H23N5O2/c1-8(14-6-7-15-13(20)18(4)5)11-9(2)16-10(3)17-12(11)19/h8,14H,6-7H2,1-5H3,(H,15,20)(H,16,17,19). The van der Waals surface area contributed by atoms with E-state index in [1.807, 2.05) is 13.8 Å². The van der Waals surface area contributed by atoms with Gasteiger partial charge in [-0.15, -0.1) is 0 Å². The van der Waals surface area contributed by atoms with Gasteiger partial charge in [0.2, 0.25) is 0 Å². The molecule has 0 fully saturated rings. The maximum absolute atomic E-state index is 11.9. The Kier molecular flexibility index (Phi) is 5.69. The fraction of sp³-hybridized carbons (Fsp3) is 0.615. The monoisotopic (exact) mass is 281 g/mol. The van der Waals surface area contributed by atoms with Crippen molar-refractivity contribution >= 4 is 6.03 Å². The molecule has 1 atom stereocenters. The molecule has 0 bridgehead atoms. The molecule has 7 heteroatoms. The van der Waals surface area contributed by atoms with Crippen LogP contribution in [0.3, 0.4) is 0 Å². The van der Waals surface area contributed by atoms with Crippen LogP contribution < -0.4 is 16.2 Å². The number of rotatable bonds is 5. The Balaban J connectivity index is 2.54. The summed E-state index contributed by atoms with van der Waals surface area (Å²) in [6.07, 6.45) is 0. The van der Waals surface area contributed by atoms with Gasteiger partial charge in [0, 0.05) is 38.9 Å². The van der Waals surface area contributed by atoms with E-state index in [0.29, 0.717) is 24.5 Å². The molecule has 1 rings (SSSR count). The third kappa shape index (κ3) is 4.34. The molecule has 1 heterocycles. The first-order valence-corrected chi connectivity index (χ1v) is 6.59. The molecule has 112 valence electrons. The molecule has 0 saturated heterocycles. The number of nitrogens with one attached hydrogen (secondary N) is 3. The van der Waals surface area contributed by atoms with Crippen molar-refractivity contribution in [2.24, 2.45) is 0 Å². The van der Waals surface area contributed by atoms with E-state index in [4.69, 9.17) is 0 Å². The minimum absolute atomic E-state index is 0.118. The van der Waals surface area contributed by atoms with E-state index in [0.717, 1.165) is 5.69 Å². The lowest BCUT2D eigenvalue weighted by molar-refractivity contribution is 0.217. The van der Waals surface area contributed by atoms with Crippen molar-refractivity contribution < 1.29 is 4.79 Å². The molecule has 2 amide bonds. The zero-order valence-electron chi connectivity index (χ0n) is 12.7. The molecule has 0 radical (unpaired) electrons. The van der Waals surface area contributed by atoms with Crippen LogP contribution in [-0.4, -0.2) is 48.1 Å². The maximum Gasteiger partial charge on any atom is 0.316 e. The van der Waals surface area contributed by atoms with Crippen LogP contribution in [0.4, 0.5) is 4.79 Å². The topological polar surface area (TPSA) is 90.1 Å². The van der Waals surface area contributed by atoms with Crippen molar-refractivity contribution in [2.45, 2.75) is 26.8 Å². The number of aryl methyl sites for hydroxylation is 2. The largest absolute Gasteiger partial charge is 0.337 e. The molecule has 7 nitrogen and oxygen atoms in total. The normalized spacial score (nSPS) is 12.1. The quantitative estimate of drug-likeness (QED) is 0.678. The van der Waals surface area contributed by atoms with Crippen LogP contribution in [-0.2, 0) is 0 Å². The molecule has 0 spiro atoms. The molecule has 0 aliphatic heterocycles. The Morgan fingerprint density at radius 2 is 2.00 bits per heavy atom. The highest BCUT2D eigenvalue weighted by Crippen LogP contribution is 2.09. The SMILES string of the molecule is Cc1nc(C)c(C(C)NCCNC(=O)N(C)C)c(=O)[nH]1. The predicted molar refractivity (Wildman–Crippen MR) is 77.8 cm³/mol. The van der Waals surface area contributed by atoms with Crippen molar-refractivity contribution in [3.8, 4) is 0 Å². The minimum Gasteiger partial charge on any atom is -0.337 e. The fourth-order valence-electron chi connectivity index (χ4n) is 1.96. The Morgan fingerprint density at radius 1 is 1.35 bits per heavy atom. The van der Waals surface area contributed by atoms with Gasteiger partial charge in [-0.3, -0.25) is 4.79 Å². The van der Waals surface area contributed by atoms with Crippen LogP contribution in [0.25, 0.3) is 0 Å². The van der Waals surface area contributed by atoms with Gasteiger partial charge < -0.3 is 20.5 Å². The van der Waals surface area contributed by atoms with Crippen LogP contribution in [0.5, 0.6) is 0 Å². The van der Waals surface area contributed by atoms with Gasteiger partial charge in [-0.1, -0.05) is 0 Å². The Hall–Kier alpha value is -1.89. The first kappa shape index (κ1) is 16.2. The van der Waals surface area contributed by atoms with Gasteiger partial charge in [-0.25, -0.2) is 9.78 Å². The third-order valence-electron chi connectivity index (χ3n) is 2.96. The number of urea groups is 1. The average Bonchev–Trinajstić information content (AvgIpc) is 2.32. The van der Waals surface area contributed by atoms with Gasteiger partial charge in [0.25, 0.3) is 5.56 Å². The summed E-state index contributed by atoms with van der Waals surface area (Å²) in [5, 5.41) is 5.95. The summed E-state index contributed by atoms with van der Waals surface area (Å²) in [5.74, 6) is 0.613. The van der Waals surface area contributed by atoms with E-state index in [2.05, 4.69) is 20.6 Å². The van der Waals surface area contributed by atoms with Crippen molar-refractivity contribution in [2.75, 3.05) is 27.2 Å². The number of carbonyl (C=O) groups is 1. The second kappa shape index (κ2) is 7.04. The summed E-state index contributed by atoms with van der Waals surface area (Å²) in [7, 11) is 3.37. The second-order valence-electron chi connectivity index (χ2n) is 4.95. The maximum atomic E-state index is 11.9. The summed E-state index contributed by atoms with van der Waals surface area (Å²) < 4.78 is 0. The molecule has 0 saturated carbocycles.